The molecule has 0 radical (unpaired) electrons. The van der Waals surface area contributed by atoms with Gasteiger partial charge in [0.05, 0.1) is 23.5 Å². The second-order valence-corrected chi connectivity index (χ2v) is 9.78. The van der Waals surface area contributed by atoms with Crippen LogP contribution < -0.4 is 10.6 Å². The number of hydrogen-bond donors (Lipinski definition) is 2. The molecule has 3 rings (SSSR count). The summed E-state index contributed by atoms with van der Waals surface area (Å²) in [6.45, 7) is 1.88. The van der Waals surface area contributed by atoms with Crippen LogP contribution in [0.5, 0.6) is 0 Å². The summed E-state index contributed by atoms with van der Waals surface area (Å²) in [5.74, 6) is -0.916. The number of amides is 2. The second-order valence-electron chi connectivity index (χ2n) is 7.73. The lowest BCUT2D eigenvalue weighted by Gasteiger charge is -2.26. The lowest BCUT2D eigenvalue weighted by atomic mass is 10.1. The summed E-state index contributed by atoms with van der Waals surface area (Å²) in [5.41, 5.74) is 2.04. The molecule has 3 aromatic rings. The average molecular weight is 466 g/mol. The number of hydrogen-bond acceptors (Lipinski definition) is 4. The van der Waals surface area contributed by atoms with E-state index in [-0.39, 0.29) is 17.5 Å². The molecule has 0 aliphatic heterocycles. The van der Waals surface area contributed by atoms with Crippen LogP contribution in [0.1, 0.15) is 40.5 Å². The molecule has 0 spiro atoms. The number of likely N-dealkylation sites (N-methyl/N-ethyl adjacent to an activating group) is 1. The summed E-state index contributed by atoms with van der Waals surface area (Å²) in [6, 6.07) is 23.5. The Kier molecular flexibility index (Phi) is 7.63. The van der Waals surface area contributed by atoms with E-state index in [4.69, 9.17) is 0 Å². The topological polar surface area (TPSA) is 95.6 Å². The van der Waals surface area contributed by atoms with E-state index in [9.17, 15) is 18.0 Å². The van der Waals surface area contributed by atoms with Gasteiger partial charge in [-0.2, -0.15) is 4.31 Å². The molecule has 2 unspecified atom stereocenters. The van der Waals surface area contributed by atoms with Crippen LogP contribution in [0.25, 0.3) is 0 Å². The third-order valence-electron chi connectivity index (χ3n) is 5.33. The monoisotopic (exact) mass is 465 g/mol. The van der Waals surface area contributed by atoms with Crippen molar-refractivity contribution in [2.45, 2.75) is 19.0 Å². The average Bonchev–Trinajstić information content (AvgIpc) is 2.80. The van der Waals surface area contributed by atoms with Crippen LogP contribution in [-0.4, -0.2) is 37.8 Å². The van der Waals surface area contributed by atoms with Crippen molar-refractivity contribution in [2.75, 3.05) is 18.6 Å². The first-order valence-electron chi connectivity index (χ1n) is 10.4. The standard InChI is InChI=1S/C25H27N3O4S/c1-18(19-12-6-4-7-13-19)26-24(29)21-16-10-11-17-22(21)27-25(30)23(28(2)33(3,31)32)20-14-8-5-9-15-20/h4-18,23H,1-3H3,(H,26,29)(H,27,30). The molecule has 2 N–H and O–H groups in total. The minimum Gasteiger partial charge on any atom is -0.345 e. The van der Waals surface area contributed by atoms with E-state index in [0.717, 1.165) is 16.1 Å². The van der Waals surface area contributed by atoms with Crippen molar-refractivity contribution < 1.29 is 18.0 Å². The summed E-state index contributed by atoms with van der Waals surface area (Å²) < 4.78 is 25.4. The van der Waals surface area contributed by atoms with E-state index in [1.165, 1.54) is 7.05 Å². The minimum atomic E-state index is -3.67. The highest BCUT2D eigenvalue weighted by atomic mass is 32.2. The predicted molar refractivity (Wildman–Crippen MR) is 129 cm³/mol. The van der Waals surface area contributed by atoms with Gasteiger partial charge >= 0.3 is 0 Å². The van der Waals surface area contributed by atoms with Crippen LogP contribution >= 0.6 is 0 Å². The van der Waals surface area contributed by atoms with E-state index >= 15 is 0 Å². The molecule has 0 bridgehead atoms. The fraction of sp³-hybridized carbons (Fsp3) is 0.200. The highest BCUT2D eigenvalue weighted by Crippen LogP contribution is 2.25. The Bertz CT molecular complexity index is 1210. The number of anilines is 1. The number of benzene rings is 3. The van der Waals surface area contributed by atoms with Gasteiger partial charge in [-0.05, 0) is 30.2 Å². The Hall–Kier alpha value is -3.49. The fourth-order valence-electron chi connectivity index (χ4n) is 3.44. The molecule has 0 fully saturated rings. The fourth-order valence-corrected chi connectivity index (χ4v) is 4.04. The smallest absolute Gasteiger partial charge is 0.253 e. The van der Waals surface area contributed by atoms with Crippen molar-refractivity contribution in [3.63, 3.8) is 0 Å². The number of para-hydroxylation sites is 1. The molecule has 33 heavy (non-hydrogen) atoms. The van der Waals surface area contributed by atoms with E-state index in [0.29, 0.717) is 11.3 Å². The SMILES string of the molecule is CC(NC(=O)c1ccccc1NC(=O)C(c1ccccc1)N(C)S(C)(=O)=O)c1ccccc1. The number of nitrogens with zero attached hydrogens (tertiary/aromatic N) is 1. The lowest BCUT2D eigenvalue weighted by molar-refractivity contribution is -0.119. The summed E-state index contributed by atoms with van der Waals surface area (Å²) in [7, 11) is -2.31. The highest BCUT2D eigenvalue weighted by molar-refractivity contribution is 7.88. The molecule has 8 heteroatoms. The molecule has 0 saturated carbocycles. The molecule has 0 aliphatic rings. The van der Waals surface area contributed by atoms with Gasteiger partial charge in [0.25, 0.3) is 5.91 Å². The van der Waals surface area contributed by atoms with Crippen LogP contribution in [0.4, 0.5) is 5.69 Å². The van der Waals surface area contributed by atoms with E-state index in [1.54, 1.807) is 54.6 Å². The molecule has 0 aliphatic carbocycles. The third-order valence-corrected chi connectivity index (χ3v) is 6.58. The van der Waals surface area contributed by atoms with Crippen LogP contribution in [0.2, 0.25) is 0 Å². The van der Waals surface area contributed by atoms with Gasteiger partial charge < -0.3 is 10.6 Å². The highest BCUT2D eigenvalue weighted by Gasteiger charge is 2.31. The van der Waals surface area contributed by atoms with Gasteiger partial charge in [0, 0.05) is 7.05 Å². The number of sulfonamides is 1. The molecular weight excluding hydrogens is 438 g/mol. The molecule has 0 aromatic heterocycles. The first-order chi connectivity index (χ1) is 15.7. The van der Waals surface area contributed by atoms with Crippen LogP contribution in [0.15, 0.2) is 84.9 Å². The van der Waals surface area contributed by atoms with Gasteiger partial charge in [-0.25, -0.2) is 8.42 Å². The van der Waals surface area contributed by atoms with E-state index in [2.05, 4.69) is 10.6 Å². The number of rotatable bonds is 8. The molecule has 2 amide bonds. The minimum absolute atomic E-state index is 0.240. The van der Waals surface area contributed by atoms with E-state index in [1.807, 2.05) is 37.3 Å². The Morgan fingerprint density at radius 3 is 1.91 bits per heavy atom. The first kappa shape index (κ1) is 24.2. The van der Waals surface area contributed by atoms with Gasteiger partial charge in [-0.1, -0.05) is 72.8 Å². The molecule has 2 atom stereocenters. The van der Waals surface area contributed by atoms with Crippen molar-refractivity contribution in [2.24, 2.45) is 0 Å². The van der Waals surface area contributed by atoms with Gasteiger partial charge in [0.15, 0.2) is 0 Å². The largest absolute Gasteiger partial charge is 0.345 e. The van der Waals surface area contributed by atoms with Crippen molar-refractivity contribution in [3.8, 4) is 0 Å². The van der Waals surface area contributed by atoms with Gasteiger partial charge in [-0.15, -0.1) is 0 Å². The van der Waals surface area contributed by atoms with Crippen molar-refractivity contribution >= 4 is 27.5 Å². The van der Waals surface area contributed by atoms with Crippen LogP contribution in [0.3, 0.4) is 0 Å². The normalized spacial score (nSPS) is 13.2. The van der Waals surface area contributed by atoms with Crippen molar-refractivity contribution in [3.05, 3.63) is 102 Å². The van der Waals surface area contributed by atoms with Crippen molar-refractivity contribution in [1.82, 2.24) is 9.62 Å². The zero-order chi connectivity index (χ0) is 24.0. The van der Waals surface area contributed by atoms with Gasteiger partial charge in [0.2, 0.25) is 15.9 Å². The molecule has 0 saturated heterocycles. The zero-order valence-corrected chi connectivity index (χ0v) is 19.5. The Morgan fingerprint density at radius 2 is 1.33 bits per heavy atom. The quantitative estimate of drug-likeness (QED) is 0.530. The number of nitrogens with one attached hydrogen (secondary N) is 2. The van der Waals surface area contributed by atoms with Crippen LogP contribution in [0, 0.1) is 0 Å². The molecular formula is C25H27N3O4S. The Balaban J connectivity index is 1.86. The predicted octanol–water partition coefficient (Wildman–Crippen LogP) is 3.75. The molecule has 3 aromatic carbocycles. The first-order valence-corrected chi connectivity index (χ1v) is 12.3. The maximum absolute atomic E-state index is 13.3. The number of carbonyl (C=O) groups is 2. The second kappa shape index (κ2) is 10.4. The molecule has 7 nitrogen and oxygen atoms in total. The maximum Gasteiger partial charge on any atom is 0.253 e. The third kappa shape index (κ3) is 6.06. The Morgan fingerprint density at radius 1 is 0.818 bits per heavy atom. The summed E-state index contributed by atoms with van der Waals surface area (Å²) in [5, 5.41) is 5.69. The maximum atomic E-state index is 13.3. The summed E-state index contributed by atoms with van der Waals surface area (Å²) >= 11 is 0. The zero-order valence-electron chi connectivity index (χ0n) is 18.7. The molecule has 0 heterocycles. The summed E-state index contributed by atoms with van der Waals surface area (Å²) in [4.78, 5) is 26.3. The lowest BCUT2D eigenvalue weighted by Crippen LogP contribution is -2.38. The number of carbonyl (C=O) groups excluding carboxylic acids is 2. The molecule has 172 valence electrons. The van der Waals surface area contributed by atoms with Crippen molar-refractivity contribution in [1.29, 1.82) is 0 Å². The van der Waals surface area contributed by atoms with Gasteiger partial charge in [-0.3, -0.25) is 9.59 Å². The summed E-state index contributed by atoms with van der Waals surface area (Å²) in [6.07, 6.45) is 1.04. The van der Waals surface area contributed by atoms with Crippen LogP contribution in [-0.2, 0) is 14.8 Å². The Labute approximate surface area is 194 Å². The van der Waals surface area contributed by atoms with E-state index < -0.39 is 22.0 Å². The van der Waals surface area contributed by atoms with Gasteiger partial charge in [0.1, 0.15) is 6.04 Å².